The van der Waals surface area contributed by atoms with Crippen molar-refractivity contribution in [1.29, 1.82) is 0 Å². The number of aliphatic imine (C=N–C) groups is 1. The van der Waals surface area contributed by atoms with E-state index in [1.165, 1.54) is 11.1 Å². The Bertz CT molecular complexity index is 823. The molecule has 128 valence electrons. The predicted molar refractivity (Wildman–Crippen MR) is 92.3 cm³/mol. The molecule has 0 spiro atoms. The summed E-state index contributed by atoms with van der Waals surface area (Å²) in [5.41, 5.74) is 3.70. The molecule has 0 saturated carbocycles. The lowest BCUT2D eigenvalue weighted by molar-refractivity contribution is -0.118. The van der Waals surface area contributed by atoms with E-state index in [0.29, 0.717) is 11.3 Å². The fraction of sp³-hybridized carbons (Fsp3) is 0.167. The van der Waals surface area contributed by atoms with Crippen LogP contribution in [0.2, 0.25) is 0 Å². The van der Waals surface area contributed by atoms with E-state index in [1.54, 1.807) is 49.4 Å². The number of benzene rings is 2. The molecule has 1 aliphatic rings. The zero-order valence-electron chi connectivity index (χ0n) is 13.6. The second-order valence-corrected chi connectivity index (χ2v) is 5.56. The van der Waals surface area contributed by atoms with Gasteiger partial charge in [-0.05, 0) is 25.1 Å². The molecular weight excluding hydrogens is 323 g/mol. The summed E-state index contributed by atoms with van der Waals surface area (Å²) in [6.07, 6.45) is 0. The van der Waals surface area contributed by atoms with Gasteiger partial charge in [0.25, 0.3) is 11.8 Å². The fourth-order valence-corrected chi connectivity index (χ4v) is 2.50. The summed E-state index contributed by atoms with van der Waals surface area (Å²) < 4.78 is 13.8. The second kappa shape index (κ2) is 7.12. The Kier molecular flexibility index (Phi) is 4.74. The van der Waals surface area contributed by atoms with Crippen LogP contribution >= 0.6 is 0 Å². The fourth-order valence-electron chi connectivity index (χ4n) is 2.50. The van der Waals surface area contributed by atoms with Crippen molar-refractivity contribution in [2.45, 2.75) is 13.0 Å². The largest absolute Gasteiger partial charge is 0.343 e. The maximum atomic E-state index is 13.8. The minimum atomic E-state index is -0.541. The van der Waals surface area contributed by atoms with Crippen molar-refractivity contribution in [2.75, 3.05) is 11.6 Å². The average molecular weight is 340 g/mol. The third kappa shape index (κ3) is 3.65. The topological polar surface area (TPSA) is 73.8 Å². The maximum absolute atomic E-state index is 13.8. The number of nitrogens with one attached hydrogen (secondary N) is 2. The molecule has 1 heterocycles. The molecule has 6 nitrogen and oxygen atoms in total. The van der Waals surface area contributed by atoms with E-state index in [9.17, 15) is 14.0 Å². The Hall–Kier alpha value is -3.22. The summed E-state index contributed by atoms with van der Waals surface area (Å²) in [5, 5.41) is 3.96. The van der Waals surface area contributed by atoms with E-state index in [1.807, 2.05) is 6.07 Å². The van der Waals surface area contributed by atoms with Crippen molar-refractivity contribution in [2.24, 2.45) is 4.99 Å². The van der Waals surface area contributed by atoms with Gasteiger partial charge in [-0.1, -0.05) is 36.4 Å². The summed E-state index contributed by atoms with van der Waals surface area (Å²) >= 11 is 0. The molecule has 1 atom stereocenters. The molecule has 3 rings (SSSR count). The molecule has 0 aromatic heterocycles. The Morgan fingerprint density at radius 2 is 1.88 bits per heavy atom. The minimum absolute atomic E-state index is 0.00615. The number of carbonyl (C=O) groups excluding carboxylic acids is 2. The summed E-state index contributed by atoms with van der Waals surface area (Å²) in [5.74, 6) is -1.17. The zero-order chi connectivity index (χ0) is 17.8. The second-order valence-electron chi connectivity index (χ2n) is 5.56. The number of hydrogen-bond donors (Lipinski definition) is 2. The number of hydrazine groups is 1. The number of amides is 2. The van der Waals surface area contributed by atoms with Crippen LogP contribution in [0, 0.1) is 5.82 Å². The number of halogens is 1. The monoisotopic (exact) mass is 340 g/mol. The lowest BCUT2D eigenvalue weighted by atomic mass is 10.1. The molecular formula is C18H17FN4O2. The third-order valence-corrected chi connectivity index (χ3v) is 3.79. The van der Waals surface area contributed by atoms with Crippen LogP contribution in [-0.4, -0.2) is 24.2 Å². The number of para-hydroxylation sites is 1. The van der Waals surface area contributed by atoms with Crippen LogP contribution in [0.1, 0.15) is 18.5 Å². The zero-order valence-corrected chi connectivity index (χ0v) is 13.6. The first-order valence-electron chi connectivity index (χ1n) is 7.80. The quantitative estimate of drug-likeness (QED) is 0.893. The summed E-state index contributed by atoms with van der Waals surface area (Å²) in [4.78, 5) is 28.4. The molecule has 2 N–H and O–H groups in total. The van der Waals surface area contributed by atoms with Crippen LogP contribution in [-0.2, 0) is 9.59 Å². The van der Waals surface area contributed by atoms with Gasteiger partial charge >= 0.3 is 0 Å². The van der Waals surface area contributed by atoms with Gasteiger partial charge in [0.05, 0.1) is 11.7 Å². The van der Waals surface area contributed by atoms with Gasteiger partial charge in [0, 0.05) is 5.56 Å². The number of nitrogens with zero attached hydrogens (tertiary/aromatic N) is 2. The van der Waals surface area contributed by atoms with Crippen LogP contribution in [0.3, 0.4) is 0 Å². The van der Waals surface area contributed by atoms with Gasteiger partial charge in [0.1, 0.15) is 12.4 Å². The molecule has 2 amide bonds. The van der Waals surface area contributed by atoms with E-state index < -0.39 is 17.8 Å². The number of carbonyl (C=O) groups is 2. The van der Waals surface area contributed by atoms with E-state index in [0.717, 1.165) is 0 Å². The Morgan fingerprint density at radius 3 is 2.60 bits per heavy atom. The SMILES string of the molecule is C[C@@H](NC(=O)C1=NCC(=O)N(c2ccccc2)N1)c1ccccc1F. The molecule has 0 unspecified atom stereocenters. The lowest BCUT2D eigenvalue weighted by Gasteiger charge is -2.28. The molecule has 0 saturated heterocycles. The van der Waals surface area contributed by atoms with Gasteiger partial charge in [-0.15, -0.1) is 0 Å². The highest BCUT2D eigenvalue weighted by Crippen LogP contribution is 2.16. The molecule has 0 fully saturated rings. The molecule has 0 radical (unpaired) electrons. The highest BCUT2D eigenvalue weighted by atomic mass is 19.1. The van der Waals surface area contributed by atoms with E-state index in [4.69, 9.17) is 0 Å². The third-order valence-electron chi connectivity index (χ3n) is 3.79. The van der Waals surface area contributed by atoms with Crippen LogP contribution < -0.4 is 15.8 Å². The average Bonchev–Trinajstić information content (AvgIpc) is 2.63. The van der Waals surface area contributed by atoms with Crippen molar-refractivity contribution in [3.05, 3.63) is 66.0 Å². The Morgan fingerprint density at radius 1 is 1.20 bits per heavy atom. The first kappa shape index (κ1) is 16.6. The summed E-state index contributed by atoms with van der Waals surface area (Å²) in [6, 6.07) is 14.6. The highest BCUT2D eigenvalue weighted by molar-refractivity contribution is 6.39. The molecule has 2 aromatic rings. The van der Waals surface area contributed by atoms with Gasteiger partial charge < -0.3 is 5.32 Å². The van der Waals surface area contributed by atoms with Gasteiger partial charge in [-0.2, -0.15) is 0 Å². The van der Waals surface area contributed by atoms with Crippen LogP contribution in [0.4, 0.5) is 10.1 Å². The first-order chi connectivity index (χ1) is 12.1. The van der Waals surface area contributed by atoms with Crippen LogP contribution in [0.15, 0.2) is 59.6 Å². The van der Waals surface area contributed by atoms with E-state index >= 15 is 0 Å². The first-order valence-corrected chi connectivity index (χ1v) is 7.80. The standard InChI is InChI=1S/C18H17FN4O2/c1-12(14-9-5-6-10-15(14)19)21-18(25)17-20-11-16(24)23(22-17)13-7-3-2-4-8-13/h2-10,12H,11H2,1H3,(H,20,22)(H,21,25)/t12-/m1/s1. The molecule has 2 aromatic carbocycles. The molecule has 0 aliphatic carbocycles. The van der Waals surface area contributed by atoms with Gasteiger partial charge in [-0.25, -0.2) is 9.40 Å². The minimum Gasteiger partial charge on any atom is -0.343 e. The maximum Gasteiger partial charge on any atom is 0.288 e. The Balaban J connectivity index is 1.72. The van der Waals surface area contributed by atoms with E-state index in [2.05, 4.69) is 15.7 Å². The van der Waals surface area contributed by atoms with Gasteiger partial charge in [-0.3, -0.25) is 20.0 Å². The lowest BCUT2D eigenvalue weighted by Crippen LogP contribution is -2.56. The van der Waals surface area contributed by atoms with Crippen molar-refractivity contribution in [3.63, 3.8) is 0 Å². The molecule has 1 aliphatic heterocycles. The number of amidine groups is 1. The van der Waals surface area contributed by atoms with Gasteiger partial charge in [0.2, 0.25) is 5.84 Å². The number of rotatable bonds is 4. The van der Waals surface area contributed by atoms with Crippen molar-refractivity contribution in [1.82, 2.24) is 10.7 Å². The molecule has 25 heavy (non-hydrogen) atoms. The number of hydrogen-bond acceptors (Lipinski definition) is 4. The van der Waals surface area contributed by atoms with Gasteiger partial charge in [0.15, 0.2) is 0 Å². The Labute approximate surface area is 144 Å². The number of anilines is 1. The van der Waals surface area contributed by atoms with E-state index in [-0.39, 0.29) is 18.3 Å². The van der Waals surface area contributed by atoms with Crippen molar-refractivity contribution >= 4 is 23.3 Å². The van der Waals surface area contributed by atoms with Crippen molar-refractivity contribution < 1.29 is 14.0 Å². The smallest absolute Gasteiger partial charge is 0.288 e. The predicted octanol–water partition coefficient (Wildman–Crippen LogP) is 1.95. The molecule has 7 heteroatoms. The normalized spacial score (nSPS) is 15.2. The van der Waals surface area contributed by atoms with Crippen molar-refractivity contribution in [3.8, 4) is 0 Å². The van der Waals surface area contributed by atoms with Crippen LogP contribution in [0.5, 0.6) is 0 Å². The summed E-state index contributed by atoms with van der Waals surface area (Å²) in [7, 11) is 0. The molecule has 0 bridgehead atoms. The summed E-state index contributed by atoms with van der Waals surface area (Å²) in [6.45, 7) is 1.54. The highest BCUT2D eigenvalue weighted by Gasteiger charge is 2.26. The van der Waals surface area contributed by atoms with Crippen LogP contribution in [0.25, 0.3) is 0 Å².